The Morgan fingerprint density at radius 1 is 1.44 bits per heavy atom. The van der Waals surface area contributed by atoms with Gasteiger partial charge in [-0.2, -0.15) is 0 Å². The minimum absolute atomic E-state index is 0.350. The maximum absolute atomic E-state index is 5.66. The number of likely N-dealkylation sites (N-methyl/N-ethyl adjacent to an activating group) is 2. The highest BCUT2D eigenvalue weighted by Crippen LogP contribution is 2.13. The molecule has 0 saturated carbocycles. The van der Waals surface area contributed by atoms with Crippen LogP contribution in [0.25, 0.3) is 0 Å². The zero-order valence-corrected chi connectivity index (χ0v) is 10.8. The first kappa shape index (κ1) is 13.9. The summed E-state index contributed by atoms with van der Waals surface area (Å²) in [6.45, 7) is 4.15. The second-order valence-electron chi connectivity index (χ2n) is 4.72. The zero-order valence-electron chi connectivity index (χ0n) is 10.8. The number of piperazine rings is 1. The average Bonchev–Trinajstić information content (AvgIpc) is 2.28. The Bertz CT molecular complexity index is 191. The van der Waals surface area contributed by atoms with Crippen LogP contribution < -0.4 is 11.3 Å². The number of hydrogen-bond acceptors (Lipinski definition) is 5. The van der Waals surface area contributed by atoms with Crippen molar-refractivity contribution in [3.05, 3.63) is 0 Å². The number of ether oxygens (including phenoxy) is 1. The molecule has 2 atom stereocenters. The monoisotopic (exact) mass is 230 g/mol. The van der Waals surface area contributed by atoms with Crippen molar-refractivity contribution >= 4 is 0 Å². The van der Waals surface area contributed by atoms with Crippen molar-refractivity contribution < 1.29 is 4.74 Å². The average molecular weight is 230 g/mol. The van der Waals surface area contributed by atoms with E-state index < -0.39 is 0 Å². The molecule has 0 radical (unpaired) electrons. The molecular weight excluding hydrogens is 204 g/mol. The van der Waals surface area contributed by atoms with Gasteiger partial charge in [0, 0.05) is 45.4 Å². The van der Waals surface area contributed by atoms with Gasteiger partial charge in [-0.25, -0.2) is 0 Å². The SMILES string of the molecule is COCCCC(NN)C1CN(C)CCN1C. The van der Waals surface area contributed by atoms with Gasteiger partial charge in [-0.1, -0.05) is 0 Å². The third-order valence-electron chi connectivity index (χ3n) is 3.44. The van der Waals surface area contributed by atoms with E-state index in [0.29, 0.717) is 12.1 Å². The largest absolute Gasteiger partial charge is 0.385 e. The molecule has 1 saturated heterocycles. The van der Waals surface area contributed by atoms with Crippen LogP contribution in [0.15, 0.2) is 0 Å². The first-order valence-corrected chi connectivity index (χ1v) is 6.03. The van der Waals surface area contributed by atoms with E-state index in [1.165, 1.54) is 0 Å². The van der Waals surface area contributed by atoms with E-state index in [4.69, 9.17) is 10.6 Å². The third kappa shape index (κ3) is 3.99. The van der Waals surface area contributed by atoms with Crippen LogP contribution in [0.4, 0.5) is 0 Å². The van der Waals surface area contributed by atoms with E-state index in [2.05, 4.69) is 29.3 Å². The number of rotatable bonds is 6. The zero-order chi connectivity index (χ0) is 12.0. The Morgan fingerprint density at radius 2 is 2.19 bits per heavy atom. The maximum atomic E-state index is 5.66. The van der Waals surface area contributed by atoms with E-state index in [1.807, 2.05) is 0 Å². The molecule has 1 rings (SSSR count). The smallest absolute Gasteiger partial charge is 0.0462 e. The molecule has 0 aromatic carbocycles. The molecule has 96 valence electrons. The molecule has 0 aliphatic carbocycles. The van der Waals surface area contributed by atoms with Crippen LogP contribution in [0.2, 0.25) is 0 Å². The predicted molar refractivity (Wildman–Crippen MR) is 66.1 cm³/mol. The topological polar surface area (TPSA) is 53.8 Å². The van der Waals surface area contributed by atoms with Crippen LogP contribution in [0.5, 0.6) is 0 Å². The summed E-state index contributed by atoms with van der Waals surface area (Å²) in [5, 5.41) is 0. The molecule has 1 heterocycles. The minimum atomic E-state index is 0.350. The molecule has 2 unspecified atom stereocenters. The Kier molecular flexibility index (Phi) is 6.23. The highest BCUT2D eigenvalue weighted by molar-refractivity contribution is 4.87. The summed E-state index contributed by atoms with van der Waals surface area (Å²) >= 11 is 0. The number of hydrazine groups is 1. The Hall–Kier alpha value is -0.200. The lowest BCUT2D eigenvalue weighted by molar-refractivity contribution is 0.0814. The fourth-order valence-electron chi connectivity index (χ4n) is 2.31. The third-order valence-corrected chi connectivity index (χ3v) is 3.44. The van der Waals surface area contributed by atoms with Gasteiger partial charge in [-0.3, -0.25) is 16.2 Å². The lowest BCUT2D eigenvalue weighted by Crippen LogP contribution is -2.59. The summed E-state index contributed by atoms with van der Waals surface area (Å²) in [6, 6.07) is 0.850. The summed E-state index contributed by atoms with van der Waals surface area (Å²) in [6.07, 6.45) is 2.12. The first-order chi connectivity index (χ1) is 7.69. The van der Waals surface area contributed by atoms with Crippen LogP contribution in [0.1, 0.15) is 12.8 Å². The summed E-state index contributed by atoms with van der Waals surface area (Å²) < 4.78 is 5.08. The molecular formula is C11H26N4O. The van der Waals surface area contributed by atoms with Gasteiger partial charge >= 0.3 is 0 Å². The fourth-order valence-corrected chi connectivity index (χ4v) is 2.31. The van der Waals surface area contributed by atoms with Crippen molar-refractivity contribution in [3.63, 3.8) is 0 Å². The lowest BCUT2D eigenvalue weighted by atomic mass is 10.00. The summed E-state index contributed by atoms with van der Waals surface area (Å²) in [5.74, 6) is 5.66. The van der Waals surface area contributed by atoms with Crippen LogP contribution >= 0.6 is 0 Å². The van der Waals surface area contributed by atoms with Crippen LogP contribution in [0.3, 0.4) is 0 Å². The Balaban J connectivity index is 2.42. The molecule has 0 amide bonds. The standard InChI is InChI=1S/C11H26N4O/c1-14-6-7-15(2)11(9-14)10(13-12)5-4-8-16-3/h10-11,13H,4-9,12H2,1-3H3. The van der Waals surface area contributed by atoms with Crippen molar-refractivity contribution in [2.75, 3.05) is 47.4 Å². The molecule has 0 spiro atoms. The summed E-state index contributed by atoms with van der Waals surface area (Å²) in [5.41, 5.74) is 2.96. The number of methoxy groups -OCH3 is 1. The quantitative estimate of drug-likeness (QED) is 0.366. The molecule has 16 heavy (non-hydrogen) atoms. The van der Waals surface area contributed by atoms with Gasteiger partial charge in [-0.15, -0.1) is 0 Å². The fraction of sp³-hybridized carbons (Fsp3) is 1.00. The minimum Gasteiger partial charge on any atom is -0.385 e. The van der Waals surface area contributed by atoms with E-state index in [0.717, 1.165) is 39.1 Å². The van der Waals surface area contributed by atoms with Gasteiger partial charge in [0.25, 0.3) is 0 Å². The van der Waals surface area contributed by atoms with Crippen molar-refractivity contribution in [2.24, 2.45) is 5.84 Å². The van der Waals surface area contributed by atoms with E-state index in [9.17, 15) is 0 Å². The van der Waals surface area contributed by atoms with Gasteiger partial charge in [0.05, 0.1) is 0 Å². The number of nitrogens with two attached hydrogens (primary N) is 1. The normalized spacial score (nSPS) is 25.9. The molecule has 5 nitrogen and oxygen atoms in total. The van der Waals surface area contributed by atoms with E-state index in [1.54, 1.807) is 7.11 Å². The van der Waals surface area contributed by atoms with Crippen LogP contribution in [-0.4, -0.2) is 69.3 Å². The number of nitrogens with one attached hydrogen (secondary N) is 1. The number of nitrogens with zero attached hydrogens (tertiary/aromatic N) is 2. The molecule has 3 N–H and O–H groups in total. The molecule has 1 fully saturated rings. The number of hydrogen-bond donors (Lipinski definition) is 2. The molecule has 1 aliphatic heterocycles. The van der Waals surface area contributed by atoms with Gasteiger partial charge < -0.3 is 9.64 Å². The summed E-state index contributed by atoms with van der Waals surface area (Å²) in [4.78, 5) is 4.77. The Labute approximate surface area is 98.9 Å². The van der Waals surface area contributed by atoms with E-state index in [-0.39, 0.29) is 0 Å². The van der Waals surface area contributed by atoms with Gasteiger partial charge in [0.2, 0.25) is 0 Å². The predicted octanol–water partition coefficient (Wildman–Crippen LogP) is -0.509. The van der Waals surface area contributed by atoms with Gasteiger partial charge in [0.1, 0.15) is 0 Å². The summed E-state index contributed by atoms with van der Waals surface area (Å²) in [7, 11) is 6.09. The molecule has 0 bridgehead atoms. The van der Waals surface area contributed by atoms with Crippen molar-refractivity contribution in [1.29, 1.82) is 0 Å². The maximum Gasteiger partial charge on any atom is 0.0462 e. The van der Waals surface area contributed by atoms with Crippen molar-refractivity contribution in [2.45, 2.75) is 24.9 Å². The molecule has 0 aromatic heterocycles. The Morgan fingerprint density at radius 3 is 2.81 bits per heavy atom. The second kappa shape index (κ2) is 7.19. The molecule has 5 heteroatoms. The van der Waals surface area contributed by atoms with Crippen molar-refractivity contribution in [1.82, 2.24) is 15.2 Å². The van der Waals surface area contributed by atoms with E-state index >= 15 is 0 Å². The lowest BCUT2D eigenvalue weighted by Gasteiger charge is -2.41. The molecule has 1 aliphatic rings. The van der Waals surface area contributed by atoms with Crippen LogP contribution in [-0.2, 0) is 4.74 Å². The molecule has 0 aromatic rings. The van der Waals surface area contributed by atoms with Crippen LogP contribution in [0, 0.1) is 0 Å². The highest BCUT2D eigenvalue weighted by Gasteiger charge is 2.28. The van der Waals surface area contributed by atoms with Gasteiger partial charge in [-0.05, 0) is 26.9 Å². The second-order valence-corrected chi connectivity index (χ2v) is 4.72. The van der Waals surface area contributed by atoms with Gasteiger partial charge in [0.15, 0.2) is 0 Å². The first-order valence-electron chi connectivity index (χ1n) is 6.03. The highest BCUT2D eigenvalue weighted by atomic mass is 16.5. The van der Waals surface area contributed by atoms with Crippen molar-refractivity contribution in [3.8, 4) is 0 Å².